The average molecular weight is 562 g/mol. The molecular formula is C30H22F3N3O5. The minimum absolute atomic E-state index is 0.0396. The van der Waals surface area contributed by atoms with Gasteiger partial charge in [0.1, 0.15) is 24.5 Å². The third-order valence-corrected chi connectivity index (χ3v) is 6.68. The van der Waals surface area contributed by atoms with Gasteiger partial charge in [-0.2, -0.15) is 13.2 Å². The molecule has 0 fully saturated rings. The highest BCUT2D eigenvalue weighted by atomic mass is 19.4. The Morgan fingerprint density at radius 2 is 1.59 bits per heavy atom. The van der Waals surface area contributed by atoms with Crippen molar-refractivity contribution < 1.29 is 37.9 Å². The Morgan fingerprint density at radius 1 is 0.902 bits per heavy atom. The Labute approximate surface area is 231 Å². The normalized spacial score (nSPS) is 16.6. The summed E-state index contributed by atoms with van der Waals surface area (Å²) >= 11 is 0. The number of aromatic carboxylic acids is 1. The molecule has 1 aliphatic heterocycles. The van der Waals surface area contributed by atoms with Crippen LogP contribution in [0.1, 0.15) is 32.6 Å². The van der Waals surface area contributed by atoms with Gasteiger partial charge in [0.2, 0.25) is 0 Å². The van der Waals surface area contributed by atoms with Gasteiger partial charge in [0.05, 0.1) is 22.9 Å². The third-order valence-electron chi connectivity index (χ3n) is 6.68. The lowest BCUT2D eigenvalue weighted by Gasteiger charge is -2.41. The molecule has 1 aliphatic rings. The summed E-state index contributed by atoms with van der Waals surface area (Å²) in [6.45, 7) is -0.342. The van der Waals surface area contributed by atoms with Gasteiger partial charge in [-0.3, -0.25) is 0 Å². The largest absolute Gasteiger partial charge is 0.627 e. The Balaban J connectivity index is 1.39. The van der Waals surface area contributed by atoms with Crippen molar-refractivity contribution in [3.05, 3.63) is 118 Å². The number of carboxylic acid groups (broad SMARTS) is 1. The van der Waals surface area contributed by atoms with Crippen LogP contribution in [0.3, 0.4) is 0 Å². The van der Waals surface area contributed by atoms with E-state index in [0.717, 1.165) is 12.1 Å². The fourth-order valence-electron chi connectivity index (χ4n) is 4.57. The minimum Gasteiger partial charge on any atom is -0.627 e. The highest BCUT2D eigenvalue weighted by Crippen LogP contribution is 2.42. The van der Waals surface area contributed by atoms with Crippen LogP contribution in [-0.4, -0.2) is 25.9 Å². The molecule has 1 atom stereocenters. The van der Waals surface area contributed by atoms with E-state index >= 15 is 0 Å². The second kappa shape index (κ2) is 10.5. The first-order valence-electron chi connectivity index (χ1n) is 12.3. The Kier molecular flexibility index (Phi) is 7.08. The first-order valence-corrected chi connectivity index (χ1v) is 12.3. The van der Waals surface area contributed by atoms with E-state index in [1.807, 2.05) is 0 Å². The molecule has 41 heavy (non-hydrogen) atoms. The van der Waals surface area contributed by atoms with E-state index in [2.05, 4.69) is 10.2 Å². The number of rotatable bonds is 6. The molecule has 0 aliphatic carbocycles. The van der Waals surface area contributed by atoms with Crippen molar-refractivity contribution in [1.82, 2.24) is 0 Å². The number of azo groups is 1. The summed E-state index contributed by atoms with van der Waals surface area (Å²) < 4.78 is 37.7. The quantitative estimate of drug-likeness (QED) is 0.125. The third kappa shape index (κ3) is 5.81. The second-order valence-electron chi connectivity index (χ2n) is 9.54. The van der Waals surface area contributed by atoms with E-state index in [4.69, 9.17) is 0 Å². The molecule has 0 spiro atoms. The molecule has 0 amide bonds. The summed E-state index contributed by atoms with van der Waals surface area (Å²) in [6, 6.07) is 18.2. The number of nitrogens with zero attached hydrogens (tertiary/aromatic N) is 3. The maximum Gasteiger partial charge on any atom is 0.416 e. The van der Waals surface area contributed by atoms with E-state index in [0.29, 0.717) is 27.8 Å². The SMILES string of the molecule is O=C(O)c1cccc(-c2cccc(N=Nc3ccc4c(c3O)C[N+]([O-])(Cc3ccc(C(F)(F)F)cc3)C=C4)c2O)c1. The van der Waals surface area contributed by atoms with Crippen molar-refractivity contribution in [3.63, 3.8) is 0 Å². The van der Waals surface area contributed by atoms with Crippen LogP contribution in [0, 0.1) is 5.21 Å². The lowest BCUT2D eigenvalue weighted by atomic mass is 10.0. The number of carbonyl (C=O) groups is 1. The number of hydrogen-bond acceptors (Lipinski definition) is 6. The number of quaternary nitrogens is 1. The van der Waals surface area contributed by atoms with Crippen LogP contribution in [0.4, 0.5) is 24.5 Å². The number of phenolic OH excluding ortho intramolecular Hbond substituents is 2. The molecule has 0 saturated heterocycles. The molecule has 0 bridgehead atoms. The van der Waals surface area contributed by atoms with Gasteiger partial charge in [0, 0.05) is 11.1 Å². The standard InChI is InChI=1S/C30H22F3N3O5/c31-30(32,33)22-10-7-18(8-11-22)16-36(41)14-13-19-9-12-26(28(38)24(19)17-36)35-34-25-6-2-5-23(27(25)37)20-3-1-4-21(15-20)29(39)40/h1-15,37-38H,16-17H2,(H,39,40). The van der Waals surface area contributed by atoms with Gasteiger partial charge in [-0.15, -0.1) is 10.2 Å². The number of aromatic hydroxyl groups is 2. The van der Waals surface area contributed by atoms with Crippen LogP contribution in [0.5, 0.6) is 11.5 Å². The van der Waals surface area contributed by atoms with Crippen molar-refractivity contribution in [3.8, 4) is 22.6 Å². The van der Waals surface area contributed by atoms with Gasteiger partial charge in [-0.05, 0) is 53.6 Å². The van der Waals surface area contributed by atoms with Crippen LogP contribution in [-0.2, 0) is 19.3 Å². The van der Waals surface area contributed by atoms with E-state index in [1.54, 1.807) is 30.3 Å². The fourth-order valence-corrected chi connectivity index (χ4v) is 4.57. The highest BCUT2D eigenvalue weighted by Gasteiger charge is 2.31. The lowest BCUT2D eigenvalue weighted by molar-refractivity contribution is -0.857. The first kappa shape index (κ1) is 27.6. The molecule has 1 heterocycles. The first-order chi connectivity index (χ1) is 19.4. The van der Waals surface area contributed by atoms with Crippen molar-refractivity contribution in [2.75, 3.05) is 0 Å². The van der Waals surface area contributed by atoms with Crippen LogP contribution >= 0.6 is 0 Å². The van der Waals surface area contributed by atoms with Gasteiger partial charge in [-0.1, -0.05) is 42.5 Å². The van der Waals surface area contributed by atoms with Gasteiger partial charge in [0.15, 0.2) is 11.5 Å². The predicted molar refractivity (Wildman–Crippen MR) is 144 cm³/mol. The number of benzene rings is 4. The lowest BCUT2D eigenvalue weighted by Crippen LogP contribution is -2.36. The van der Waals surface area contributed by atoms with Gasteiger partial charge in [0.25, 0.3) is 0 Å². The molecule has 0 aromatic heterocycles. The number of phenols is 2. The van der Waals surface area contributed by atoms with Crippen LogP contribution in [0.25, 0.3) is 17.2 Å². The van der Waals surface area contributed by atoms with Crippen LogP contribution in [0.15, 0.2) is 95.3 Å². The molecule has 11 heteroatoms. The summed E-state index contributed by atoms with van der Waals surface area (Å²) in [7, 11) is 0. The number of fused-ring (bicyclic) bond motifs is 1. The zero-order valence-corrected chi connectivity index (χ0v) is 21.2. The maximum absolute atomic E-state index is 13.5. The average Bonchev–Trinajstić information content (AvgIpc) is 2.93. The molecule has 3 N–H and O–H groups in total. The Bertz CT molecular complexity index is 1700. The maximum atomic E-state index is 13.5. The van der Waals surface area contributed by atoms with Crippen molar-refractivity contribution in [1.29, 1.82) is 0 Å². The number of carboxylic acids is 1. The van der Waals surface area contributed by atoms with Gasteiger partial charge in [-0.25, -0.2) is 4.79 Å². The Hall–Kier alpha value is -5.00. The van der Waals surface area contributed by atoms with Crippen LogP contribution < -0.4 is 0 Å². The van der Waals surface area contributed by atoms with E-state index in [-0.39, 0.29) is 41.5 Å². The number of para-hydroxylation sites is 1. The highest BCUT2D eigenvalue weighted by molar-refractivity contribution is 5.90. The summed E-state index contributed by atoms with van der Waals surface area (Å²) in [4.78, 5) is 11.3. The zero-order valence-electron chi connectivity index (χ0n) is 21.2. The number of hydrogen-bond donors (Lipinski definition) is 3. The molecule has 8 nitrogen and oxygen atoms in total. The Morgan fingerprint density at radius 3 is 2.27 bits per heavy atom. The molecule has 4 aromatic rings. The smallest absolute Gasteiger partial charge is 0.416 e. The molecule has 208 valence electrons. The van der Waals surface area contributed by atoms with Crippen molar-refractivity contribution in [2.24, 2.45) is 10.2 Å². The van der Waals surface area contributed by atoms with Crippen LogP contribution in [0.2, 0.25) is 0 Å². The monoisotopic (exact) mass is 561 g/mol. The predicted octanol–water partition coefficient (Wildman–Crippen LogP) is 7.90. The number of hydroxylamine groups is 3. The summed E-state index contributed by atoms with van der Waals surface area (Å²) in [5.41, 5.74) is 1.43. The van der Waals surface area contributed by atoms with E-state index < -0.39 is 22.4 Å². The van der Waals surface area contributed by atoms with Gasteiger partial charge >= 0.3 is 12.1 Å². The second-order valence-corrected chi connectivity index (χ2v) is 9.54. The number of halogens is 3. The van der Waals surface area contributed by atoms with Gasteiger partial charge < -0.3 is 25.2 Å². The van der Waals surface area contributed by atoms with E-state index in [1.165, 1.54) is 48.7 Å². The summed E-state index contributed by atoms with van der Waals surface area (Å²) in [5.74, 6) is -1.64. The molecule has 5 rings (SSSR count). The summed E-state index contributed by atoms with van der Waals surface area (Å²) in [6.07, 6.45) is -1.56. The van der Waals surface area contributed by atoms with Crippen molar-refractivity contribution >= 4 is 23.4 Å². The molecule has 0 saturated carbocycles. The minimum atomic E-state index is -4.48. The van der Waals surface area contributed by atoms with E-state index in [9.17, 15) is 38.5 Å². The summed E-state index contributed by atoms with van der Waals surface area (Å²) in [5, 5.41) is 52.6. The number of alkyl halides is 3. The van der Waals surface area contributed by atoms with Crippen molar-refractivity contribution in [2.45, 2.75) is 19.3 Å². The topological polar surface area (TPSA) is 126 Å². The molecule has 4 aromatic carbocycles. The zero-order chi connectivity index (χ0) is 29.4. The molecule has 1 unspecified atom stereocenters. The molecule has 0 radical (unpaired) electrons. The molecular weight excluding hydrogens is 539 g/mol. The fraction of sp³-hybridized carbons (Fsp3) is 0.100.